The number of aromatic nitrogens is 2. The summed E-state index contributed by atoms with van der Waals surface area (Å²) < 4.78 is 37.4. The quantitative estimate of drug-likeness (QED) is 0.613. The first kappa shape index (κ1) is 17.7. The summed E-state index contributed by atoms with van der Waals surface area (Å²) in [6.07, 6.45) is 0. The van der Waals surface area contributed by atoms with Gasteiger partial charge >= 0.3 is 7.60 Å². The fraction of sp³-hybridized carbons (Fsp3) is 0.222. The lowest BCUT2D eigenvalue weighted by atomic mass is 10.2. The number of hydrogen-bond donors (Lipinski definition) is 0. The van der Waals surface area contributed by atoms with Crippen molar-refractivity contribution in [1.82, 2.24) is 9.97 Å². The molecule has 25 heavy (non-hydrogen) atoms. The van der Waals surface area contributed by atoms with Gasteiger partial charge in [0.1, 0.15) is 5.82 Å². The Balaban J connectivity index is 2.25. The Labute approximate surface area is 145 Å². The molecule has 7 heteroatoms. The van der Waals surface area contributed by atoms with E-state index in [1.165, 1.54) is 12.1 Å². The highest BCUT2D eigenvalue weighted by atomic mass is 31.2. The summed E-state index contributed by atoms with van der Waals surface area (Å²) in [5.74, 6) is -0.00704. The predicted molar refractivity (Wildman–Crippen MR) is 95.4 cm³/mol. The minimum absolute atomic E-state index is 0.223. The number of hydrogen-bond acceptors (Lipinski definition) is 5. The Morgan fingerprint density at radius 1 is 0.960 bits per heavy atom. The van der Waals surface area contributed by atoms with Crippen molar-refractivity contribution in [2.45, 2.75) is 13.8 Å². The standard InChI is InChI=1S/C18H18FN2O3P/c1-3-23-25(22,24-4-2)18-15-7-5-6-8-16(15)20-17(21-18)13-9-11-14(19)12-10-13/h5-12H,3-4H2,1-2H3. The fourth-order valence-electron chi connectivity index (χ4n) is 2.50. The number of benzene rings is 2. The molecule has 0 aliphatic heterocycles. The second-order valence-electron chi connectivity index (χ2n) is 5.23. The van der Waals surface area contributed by atoms with E-state index >= 15 is 0 Å². The molecule has 130 valence electrons. The molecule has 0 bridgehead atoms. The van der Waals surface area contributed by atoms with Crippen molar-refractivity contribution in [3.63, 3.8) is 0 Å². The minimum Gasteiger partial charge on any atom is -0.304 e. The highest BCUT2D eigenvalue weighted by Gasteiger charge is 2.32. The van der Waals surface area contributed by atoms with Crippen LogP contribution in [0.15, 0.2) is 48.5 Å². The molecule has 0 spiro atoms. The smallest absolute Gasteiger partial charge is 0.304 e. The normalized spacial score (nSPS) is 11.8. The summed E-state index contributed by atoms with van der Waals surface area (Å²) in [5.41, 5.74) is 1.46. The van der Waals surface area contributed by atoms with Gasteiger partial charge in [-0.15, -0.1) is 0 Å². The lowest BCUT2D eigenvalue weighted by Crippen LogP contribution is -2.17. The van der Waals surface area contributed by atoms with Gasteiger partial charge in [0.15, 0.2) is 11.3 Å². The van der Waals surface area contributed by atoms with Gasteiger partial charge in [-0.25, -0.2) is 14.4 Å². The van der Waals surface area contributed by atoms with Crippen LogP contribution in [-0.2, 0) is 13.6 Å². The van der Waals surface area contributed by atoms with E-state index in [-0.39, 0.29) is 24.5 Å². The molecule has 0 aliphatic carbocycles. The van der Waals surface area contributed by atoms with Crippen LogP contribution in [0.25, 0.3) is 22.3 Å². The first-order chi connectivity index (χ1) is 12.1. The average Bonchev–Trinajstić information content (AvgIpc) is 2.62. The van der Waals surface area contributed by atoms with Gasteiger partial charge in [0, 0.05) is 10.9 Å². The maximum atomic E-state index is 13.3. The van der Waals surface area contributed by atoms with Crippen molar-refractivity contribution in [3.05, 3.63) is 54.3 Å². The number of halogens is 1. The number of rotatable bonds is 6. The molecular weight excluding hydrogens is 342 g/mol. The molecule has 0 saturated heterocycles. The lowest BCUT2D eigenvalue weighted by molar-refractivity contribution is 0.229. The summed E-state index contributed by atoms with van der Waals surface area (Å²) in [7, 11) is -3.60. The van der Waals surface area contributed by atoms with Crippen LogP contribution in [0.2, 0.25) is 0 Å². The van der Waals surface area contributed by atoms with Crippen molar-refractivity contribution in [2.75, 3.05) is 13.2 Å². The molecule has 0 fully saturated rings. The van der Waals surface area contributed by atoms with Crippen LogP contribution in [0.5, 0.6) is 0 Å². The first-order valence-corrected chi connectivity index (χ1v) is 9.54. The zero-order valence-electron chi connectivity index (χ0n) is 14.0. The van der Waals surface area contributed by atoms with Crippen LogP contribution in [0.4, 0.5) is 4.39 Å². The second kappa shape index (κ2) is 7.40. The topological polar surface area (TPSA) is 61.3 Å². The molecule has 0 atom stereocenters. The third-order valence-corrected chi connectivity index (χ3v) is 5.60. The van der Waals surface area contributed by atoms with E-state index in [2.05, 4.69) is 9.97 Å². The zero-order chi connectivity index (χ0) is 17.9. The molecule has 3 aromatic rings. The van der Waals surface area contributed by atoms with Gasteiger partial charge in [-0.3, -0.25) is 4.57 Å². The largest absolute Gasteiger partial charge is 0.380 e. The van der Waals surface area contributed by atoms with Crippen molar-refractivity contribution < 1.29 is 18.0 Å². The predicted octanol–water partition coefficient (Wildman–Crippen LogP) is 4.33. The molecule has 0 saturated carbocycles. The Kier molecular flexibility index (Phi) is 5.23. The van der Waals surface area contributed by atoms with E-state index in [1.807, 2.05) is 12.1 Å². The van der Waals surface area contributed by atoms with E-state index in [4.69, 9.17) is 9.05 Å². The van der Waals surface area contributed by atoms with Gasteiger partial charge in [-0.2, -0.15) is 0 Å². The summed E-state index contributed by atoms with van der Waals surface area (Å²) >= 11 is 0. The molecule has 1 aromatic heterocycles. The molecule has 1 heterocycles. The monoisotopic (exact) mass is 360 g/mol. The van der Waals surface area contributed by atoms with Crippen LogP contribution >= 0.6 is 7.60 Å². The highest BCUT2D eigenvalue weighted by molar-refractivity contribution is 7.62. The SMILES string of the molecule is CCOP(=O)(OCC)c1nc(-c2ccc(F)cc2)nc2ccccc12. The van der Waals surface area contributed by atoms with Crippen LogP contribution in [-0.4, -0.2) is 23.2 Å². The van der Waals surface area contributed by atoms with Gasteiger partial charge in [0.25, 0.3) is 0 Å². The molecular formula is C18H18FN2O3P. The first-order valence-electron chi connectivity index (χ1n) is 8.00. The van der Waals surface area contributed by atoms with E-state index in [1.54, 1.807) is 38.1 Å². The Hall–Kier alpha value is -2.14. The average molecular weight is 360 g/mol. The molecule has 0 radical (unpaired) electrons. The Bertz CT molecular complexity index is 921. The van der Waals surface area contributed by atoms with Crippen molar-refractivity contribution in [3.8, 4) is 11.4 Å². The van der Waals surface area contributed by atoms with Gasteiger partial charge < -0.3 is 9.05 Å². The third kappa shape index (κ3) is 3.61. The second-order valence-corrected chi connectivity index (χ2v) is 7.16. The Morgan fingerprint density at radius 2 is 1.60 bits per heavy atom. The maximum Gasteiger partial charge on any atom is 0.380 e. The summed E-state index contributed by atoms with van der Waals surface area (Å²) in [6, 6.07) is 13.1. The zero-order valence-corrected chi connectivity index (χ0v) is 14.9. The van der Waals surface area contributed by atoms with Gasteiger partial charge in [0.05, 0.1) is 18.7 Å². The van der Waals surface area contributed by atoms with E-state index < -0.39 is 7.60 Å². The van der Waals surface area contributed by atoms with Gasteiger partial charge in [-0.05, 0) is 44.2 Å². The Morgan fingerprint density at radius 3 is 2.24 bits per heavy atom. The molecule has 0 unspecified atom stereocenters. The molecule has 2 aromatic carbocycles. The summed E-state index contributed by atoms with van der Waals surface area (Å²) in [6.45, 7) is 3.94. The number of fused-ring (bicyclic) bond motifs is 1. The lowest BCUT2D eigenvalue weighted by Gasteiger charge is -2.18. The van der Waals surface area contributed by atoms with Gasteiger partial charge in [0.2, 0.25) is 0 Å². The molecule has 0 N–H and O–H groups in total. The van der Waals surface area contributed by atoms with Crippen molar-refractivity contribution in [1.29, 1.82) is 0 Å². The van der Waals surface area contributed by atoms with E-state index in [0.717, 1.165) is 0 Å². The molecule has 5 nitrogen and oxygen atoms in total. The van der Waals surface area contributed by atoms with Crippen LogP contribution in [0.1, 0.15) is 13.8 Å². The molecule has 0 aliphatic rings. The van der Waals surface area contributed by atoms with Crippen LogP contribution in [0.3, 0.4) is 0 Å². The van der Waals surface area contributed by atoms with Gasteiger partial charge in [-0.1, -0.05) is 18.2 Å². The summed E-state index contributed by atoms with van der Waals surface area (Å²) in [5, 5.41) is 0.610. The van der Waals surface area contributed by atoms with E-state index in [0.29, 0.717) is 22.3 Å². The third-order valence-electron chi connectivity index (χ3n) is 3.54. The number of para-hydroxylation sites is 1. The molecule has 0 amide bonds. The van der Waals surface area contributed by atoms with Crippen LogP contribution < -0.4 is 5.44 Å². The van der Waals surface area contributed by atoms with Crippen LogP contribution in [0, 0.1) is 5.82 Å². The minimum atomic E-state index is -3.60. The van der Waals surface area contributed by atoms with Crippen molar-refractivity contribution in [2.24, 2.45) is 0 Å². The number of nitrogens with zero attached hydrogens (tertiary/aromatic N) is 2. The van der Waals surface area contributed by atoms with E-state index in [9.17, 15) is 8.96 Å². The maximum absolute atomic E-state index is 13.3. The highest BCUT2D eigenvalue weighted by Crippen LogP contribution is 2.47. The van der Waals surface area contributed by atoms with Crippen molar-refractivity contribution >= 4 is 23.9 Å². The summed E-state index contributed by atoms with van der Waals surface area (Å²) in [4.78, 5) is 8.97. The molecule has 3 rings (SSSR count). The fourth-order valence-corrected chi connectivity index (χ4v) is 4.20.